The van der Waals surface area contributed by atoms with Crippen LogP contribution in [0.4, 0.5) is 0 Å². The number of hydrogen-bond donors (Lipinski definition) is 1. The molecular weight excluding hydrogens is 390 g/mol. The van der Waals surface area contributed by atoms with Crippen LogP contribution in [0.15, 0.2) is 24.3 Å². The maximum absolute atomic E-state index is 12.1. The summed E-state index contributed by atoms with van der Waals surface area (Å²) in [6, 6.07) is 7.80. The van der Waals surface area contributed by atoms with E-state index in [0.717, 1.165) is 61.3 Å². The first-order valence-electron chi connectivity index (χ1n) is 10.1. The van der Waals surface area contributed by atoms with Gasteiger partial charge in [0, 0.05) is 44.7 Å². The number of benzene rings is 1. The van der Waals surface area contributed by atoms with Crippen LogP contribution in [0, 0.1) is 5.92 Å². The van der Waals surface area contributed by atoms with E-state index in [1.807, 2.05) is 18.2 Å². The lowest BCUT2D eigenvalue weighted by atomic mass is 10.0. The zero-order valence-corrected chi connectivity index (χ0v) is 18.2. The molecular formula is C21H30ClN5O2. The predicted octanol–water partition coefficient (Wildman–Crippen LogP) is 2.84. The van der Waals surface area contributed by atoms with Crippen molar-refractivity contribution in [2.45, 2.75) is 45.8 Å². The zero-order chi connectivity index (χ0) is 20.8. The van der Waals surface area contributed by atoms with Crippen LogP contribution in [-0.4, -0.2) is 52.4 Å². The first-order valence-corrected chi connectivity index (χ1v) is 10.5. The number of ether oxygens (including phenoxy) is 1. The molecule has 1 aliphatic rings. The zero-order valence-electron chi connectivity index (χ0n) is 17.4. The second-order valence-corrected chi connectivity index (χ2v) is 8.33. The van der Waals surface area contributed by atoms with Gasteiger partial charge in [0.2, 0.25) is 5.91 Å². The van der Waals surface area contributed by atoms with Crippen molar-refractivity contribution in [3.8, 4) is 0 Å². The van der Waals surface area contributed by atoms with Crippen molar-refractivity contribution < 1.29 is 9.53 Å². The van der Waals surface area contributed by atoms with E-state index in [-0.39, 0.29) is 18.6 Å². The van der Waals surface area contributed by atoms with Gasteiger partial charge in [-0.3, -0.25) is 9.69 Å². The average Bonchev–Trinajstić information content (AvgIpc) is 2.97. The summed E-state index contributed by atoms with van der Waals surface area (Å²) in [5, 5.41) is 12.7. The van der Waals surface area contributed by atoms with Gasteiger partial charge in [0.15, 0.2) is 5.82 Å². The van der Waals surface area contributed by atoms with E-state index in [4.69, 9.17) is 16.3 Å². The van der Waals surface area contributed by atoms with Gasteiger partial charge >= 0.3 is 0 Å². The molecule has 1 aromatic heterocycles. The van der Waals surface area contributed by atoms with E-state index >= 15 is 0 Å². The van der Waals surface area contributed by atoms with Gasteiger partial charge in [-0.15, -0.1) is 10.2 Å². The quantitative estimate of drug-likeness (QED) is 0.712. The number of halogens is 1. The Labute approximate surface area is 177 Å². The molecule has 7 nitrogen and oxygen atoms in total. The number of carbonyl (C=O) groups is 1. The van der Waals surface area contributed by atoms with E-state index in [2.05, 4.69) is 44.9 Å². The summed E-state index contributed by atoms with van der Waals surface area (Å²) >= 11 is 6.34. The lowest BCUT2D eigenvalue weighted by Crippen LogP contribution is -2.34. The molecule has 1 amide bonds. The van der Waals surface area contributed by atoms with Crippen LogP contribution in [0.2, 0.25) is 5.02 Å². The highest BCUT2D eigenvalue weighted by atomic mass is 35.5. The molecule has 1 aliphatic heterocycles. The van der Waals surface area contributed by atoms with Gasteiger partial charge in [0.05, 0.1) is 6.04 Å². The number of amides is 1. The molecule has 29 heavy (non-hydrogen) atoms. The molecule has 0 saturated carbocycles. The Morgan fingerprint density at radius 1 is 1.24 bits per heavy atom. The fraction of sp³-hybridized carbons (Fsp3) is 0.571. The lowest BCUT2D eigenvalue weighted by molar-refractivity contribution is -0.125. The van der Waals surface area contributed by atoms with Crippen LogP contribution in [0.25, 0.3) is 0 Å². The number of nitrogens with zero attached hydrogens (tertiary/aromatic N) is 4. The molecule has 1 N–H and O–H groups in total. The molecule has 0 spiro atoms. The summed E-state index contributed by atoms with van der Waals surface area (Å²) in [6.45, 7) is 7.70. The molecule has 0 aliphatic carbocycles. The van der Waals surface area contributed by atoms with Crippen LogP contribution < -0.4 is 5.32 Å². The Bertz CT molecular complexity index is 823. The molecule has 0 fully saturated rings. The number of fused-ring (bicyclic) bond motifs is 1. The standard InChI is InChI=1S/C21H30ClN5O2/c1-15(2)12-18(23-20(28)14-29-3)21-25-24-19-8-9-26(10-11-27(19)21)13-16-6-4-5-7-17(16)22/h4-7,15,18H,8-14H2,1-3H3,(H,23,28). The second kappa shape index (κ2) is 10.2. The van der Waals surface area contributed by atoms with Gasteiger partial charge in [0.1, 0.15) is 12.4 Å². The molecule has 8 heteroatoms. The Morgan fingerprint density at radius 2 is 2.03 bits per heavy atom. The summed E-state index contributed by atoms with van der Waals surface area (Å²) < 4.78 is 7.14. The topological polar surface area (TPSA) is 72.3 Å². The molecule has 1 aromatic carbocycles. The van der Waals surface area contributed by atoms with Gasteiger partial charge < -0.3 is 14.6 Å². The number of hydrogen-bond acceptors (Lipinski definition) is 5. The van der Waals surface area contributed by atoms with Gasteiger partial charge in [-0.05, 0) is 24.0 Å². The number of nitrogens with one attached hydrogen (secondary N) is 1. The van der Waals surface area contributed by atoms with Crippen molar-refractivity contribution in [1.82, 2.24) is 25.0 Å². The largest absolute Gasteiger partial charge is 0.375 e. The highest BCUT2D eigenvalue weighted by molar-refractivity contribution is 6.31. The molecule has 0 saturated heterocycles. The predicted molar refractivity (Wildman–Crippen MR) is 113 cm³/mol. The molecule has 3 rings (SSSR count). The monoisotopic (exact) mass is 419 g/mol. The van der Waals surface area contributed by atoms with Crippen LogP contribution >= 0.6 is 11.6 Å². The Balaban J connectivity index is 1.73. The first kappa shape index (κ1) is 21.7. The summed E-state index contributed by atoms with van der Waals surface area (Å²) in [4.78, 5) is 14.5. The van der Waals surface area contributed by atoms with E-state index in [1.54, 1.807) is 0 Å². The lowest BCUT2D eigenvalue weighted by Gasteiger charge is -2.22. The fourth-order valence-corrected chi connectivity index (χ4v) is 3.94. The third-order valence-corrected chi connectivity index (χ3v) is 5.50. The molecule has 0 radical (unpaired) electrons. The Kier molecular flexibility index (Phi) is 7.64. The normalized spacial score (nSPS) is 15.8. The maximum Gasteiger partial charge on any atom is 0.246 e. The van der Waals surface area contributed by atoms with E-state index in [0.29, 0.717) is 5.92 Å². The minimum Gasteiger partial charge on any atom is -0.375 e. The number of methoxy groups -OCH3 is 1. The van der Waals surface area contributed by atoms with Crippen LogP contribution in [0.5, 0.6) is 0 Å². The SMILES string of the molecule is COCC(=O)NC(CC(C)C)c1nnc2n1CCN(Cc1ccccc1Cl)CC2. The second-order valence-electron chi connectivity index (χ2n) is 7.93. The van der Waals surface area contributed by atoms with E-state index in [9.17, 15) is 4.79 Å². The number of aromatic nitrogens is 3. The molecule has 2 aromatic rings. The van der Waals surface area contributed by atoms with Crippen molar-refractivity contribution in [2.24, 2.45) is 5.92 Å². The van der Waals surface area contributed by atoms with Crippen LogP contribution in [0.3, 0.4) is 0 Å². The van der Waals surface area contributed by atoms with Crippen molar-refractivity contribution in [3.05, 3.63) is 46.5 Å². The average molecular weight is 420 g/mol. The number of rotatable bonds is 8. The van der Waals surface area contributed by atoms with Crippen LogP contribution in [-0.2, 0) is 29.0 Å². The Hall–Kier alpha value is -1.96. The smallest absolute Gasteiger partial charge is 0.246 e. The maximum atomic E-state index is 12.1. The van der Waals surface area contributed by atoms with Crippen LogP contribution in [0.1, 0.15) is 43.5 Å². The van der Waals surface area contributed by atoms with Crippen molar-refractivity contribution in [1.29, 1.82) is 0 Å². The highest BCUT2D eigenvalue weighted by Crippen LogP contribution is 2.23. The van der Waals surface area contributed by atoms with E-state index in [1.165, 1.54) is 7.11 Å². The molecule has 2 heterocycles. The van der Waals surface area contributed by atoms with E-state index < -0.39 is 0 Å². The van der Waals surface area contributed by atoms with Gasteiger partial charge in [-0.2, -0.15) is 0 Å². The fourth-order valence-electron chi connectivity index (χ4n) is 3.74. The minimum atomic E-state index is -0.172. The highest BCUT2D eigenvalue weighted by Gasteiger charge is 2.26. The summed E-state index contributed by atoms with van der Waals surface area (Å²) in [6.07, 6.45) is 1.62. The number of carbonyl (C=O) groups excluding carboxylic acids is 1. The van der Waals surface area contributed by atoms with Gasteiger partial charge in [-0.25, -0.2) is 0 Å². The molecule has 1 atom stereocenters. The summed E-state index contributed by atoms with van der Waals surface area (Å²) in [5.74, 6) is 2.08. The molecule has 1 unspecified atom stereocenters. The summed E-state index contributed by atoms with van der Waals surface area (Å²) in [7, 11) is 1.52. The molecule has 0 bridgehead atoms. The minimum absolute atomic E-state index is 0.0429. The van der Waals surface area contributed by atoms with Gasteiger partial charge in [-0.1, -0.05) is 43.6 Å². The van der Waals surface area contributed by atoms with Crippen molar-refractivity contribution in [3.63, 3.8) is 0 Å². The third-order valence-electron chi connectivity index (χ3n) is 5.13. The molecule has 158 valence electrons. The Morgan fingerprint density at radius 3 is 2.76 bits per heavy atom. The first-order chi connectivity index (χ1) is 14.0. The van der Waals surface area contributed by atoms with Crippen molar-refractivity contribution >= 4 is 17.5 Å². The van der Waals surface area contributed by atoms with Gasteiger partial charge in [0.25, 0.3) is 0 Å². The van der Waals surface area contributed by atoms with Crippen molar-refractivity contribution in [2.75, 3.05) is 26.8 Å². The summed E-state index contributed by atoms with van der Waals surface area (Å²) in [5.41, 5.74) is 1.14. The third kappa shape index (κ3) is 5.78.